The Balaban J connectivity index is 2.14. The molecule has 1 heterocycles. The largest absolute Gasteiger partial charge is 0.467 e. The Morgan fingerprint density at radius 1 is 1.24 bits per heavy atom. The summed E-state index contributed by atoms with van der Waals surface area (Å²) in [6.45, 7) is 1.59. The van der Waals surface area contributed by atoms with Crippen LogP contribution in [0.15, 0.2) is 53.1 Å². The molecule has 0 saturated heterocycles. The Morgan fingerprint density at radius 3 is 2.59 bits per heavy atom. The van der Waals surface area contributed by atoms with Crippen LogP contribution in [0.5, 0.6) is 0 Å². The molecule has 1 N–H and O–H groups in total. The van der Waals surface area contributed by atoms with Crippen LogP contribution in [0.1, 0.15) is 25.1 Å². The molecule has 0 aliphatic carbocycles. The van der Waals surface area contributed by atoms with E-state index in [0.29, 0.717) is 6.42 Å². The van der Waals surface area contributed by atoms with E-state index in [-0.39, 0.29) is 11.8 Å². The maximum atomic E-state index is 11.3. The third-order valence-corrected chi connectivity index (χ3v) is 2.49. The van der Waals surface area contributed by atoms with Gasteiger partial charge in [-0.1, -0.05) is 18.2 Å². The minimum absolute atomic E-state index is 0.107. The summed E-state index contributed by atoms with van der Waals surface area (Å²) in [5.41, 5.74) is 0.982. The fourth-order valence-electron chi connectivity index (χ4n) is 1.74. The van der Waals surface area contributed by atoms with Gasteiger partial charge in [-0.2, -0.15) is 0 Å². The van der Waals surface area contributed by atoms with E-state index in [1.54, 1.807) is 13.2 Å². The summed E-state index contributed by atoms with van der Waals surface area (Å²) in [6.07, 6.45) is 2.04. The van der Waals surface area contributed by atoms with E-state index < -0.39 is 0 Å². The lowest BCUT2D eigenvalue weighted by Crippen LogP contribution is -2.13. The molecule has 0 spiro atoms. The van der Waals surface area contributed by atoms with Crippen molar-refractivity contribution in [2.45, 2.75) is 19.4 Å². The number of ketones is 1. The van der Waals surface area contributed by atoms with Gasteiger partial charge in [0.1, 0.15) is 11.5 Å². The van der Waals surface area contributed by atoms with Crippen LogP contribution in [0, 0.1) is 0 Å². The summed E-state index contributed by atoms with van der Waals surface area (Å²) in [4.78, 5) is 11.3. The third kappa shape index (κ3) is 3.21. The lowest BCUT2D eigenvalue weighted by molar-refractivity contribution is -0.117. The molecule has 0 saturated carbocycles. The van der Waals surface area contributed by atoms with E-state index in [9.17, 15) is 4.79 Å². The summed E-state index contributed by atoms with van der Waals surface area (Å²) >= 11 is 0. The minimum atomic E-state index is -0.107. The molecule has 1 aromatic heterocycles. The first-order valence-corrected chi connectivity index (χ1v) is 5.60. The third-order valence-electron chi connectivity index (χ3n) is 2.49. The lowest BCUT2D eigenvalue weighted by Gasteiger charge is -2.16. The highest BCUT2D eigenvalue weighted by molar-refractivity contribution is 5.76. The first-order valence-electron chi connectivity index (χ1n) is 5.60. The van der Waals surface area contributed by atoms with Crippen LogP contribution in [0.4, 0.5) is 5.69 Å². The van der Waals surface area contributed by atoms with Crippen LogP contribution in [0.3, 0.4) is 0 Å². The molecule has 0 radical (unpaired) electrons. The Bertz CT molecular complexity index is 462. The highest BCUT2D eigenvalue weighted by atomic mass is 16.3. The fraction of sp³-hybridized carbons (Fsp3) is 0.214. The van der Waals surface area contributed by atoms with Crippen molar-refractivity contribution in [2.75, 3.05) is 5.32 Å². The van der Waals surface area contributed by atoms with Gasteiger partial charge < -0.3 is 9.73 Å². The van der Waals surface area contributed by atoms with Crippen molar-refractivity contribution in [2.24, 2.45) is 0 Å². The predicted molar refractivity (Wildman–Crippen MR) is 66.8 cm³/mol. The molecular formula is C14H15NO2. The van der Waals surface area contributed by atoms with Crippen LogP contribution in [-0.4, -0.2) is 5.78 Å². The molecular weight excluding hydrogens is 214 g/mol. The van der Waals surface area contributed by atoms with E-state index in [2.05, 4.69) is 5.32 Å². The van der Waals surface area contributed by atoms with Gasteiger partial charge in [0.15, 0.2) is 0 Å². The number of hydrogen-bond acceptors (Lipinski definition) is 3. The van der Waals surface area contributed by atoms with Gasteiger partial charge in [0.05, 0.1) is 12.3 Å². The number of nitrogens with one attached hydrogen (secondary N) is 1. The average molecular weight is 229 g/mol. The van der Waals surface area contributed by atoms with Gasteiger partial charge in [0, 0.05) is 12.1 Å². The SMILES string of the molecule is CC(=O)CC(Nc1ccccc1)c1ccco1. The number of para-hydroxylation sites is 1. The number of anilines is 1. The molecule has 0 aliphatic heterocycles. The number of furan rings is 1. The van der Waals surface area contributed by atoms with Crippen LogP contribution >= 0.6 is 0 Å². The van der Waals surface area contributed by atoms with Crippen molar-refractivity contribution in [3.8, 4) is 0 Å². The molecule has 3 nitrogen and oxygen atoms in total. The van der Waals surface area contributed by atoms with Crippen molar-refractivity contribution in [3.05, 3.63) is 54.5 Å². The zero-order chi connectivity index (χ0) is 12.1. The molecule has 17 heavy (non-hydrogen) atoms. The van der Waals surface area contributed by atoms with Crippen molar-refractivity contribution < 1.29 is 9.21 Å². The monoisotopic (exact) mass is 229 g/mol. The highest BCUT2D eigenvalue weighted by Crippen LogP contribution is 2.23. The summed E-state index contributed by atoms with van der Waals surface area (Å²) in [7, 11) is 0. The molecule has 1 unspecified atom stereocenters. The topological polar surface area (TPSA) is 42.2 Å². The molecule has 3 heteroatoms. The predicted octanol–water partition coefficient (Wildman–Crippen LogP) is 3.41. The molecule has 1 atom stereocenters. The Morgan fingerprint density at radius 2 is 2.00 bits per heavy atom. The van der Waals surface area contributed by atoms with Crippen LogP contribution in [0.25, 0.3) is 0 Å². The van der Waals surface area contributed by atoms with Gasteiger partial charge in [-0.15, -0.1) is 0 Å². The molecule has 88 valence electrons. The van der Waals surface area contributed by atoms with Crippen LogP contribution in [-0.2, 0) is 4.79 Å². The summed E-state index contributed by atoms with van der Waals surface area (Å²) in [5, 5.41) is 3.30. The number of rotatable bonds is 5. The van der Waals surface area contributed by atoms with Crippen molar-refractivity contribution >= 4 is 11.5 Å². The average Bonchev–Trinajstić information content (AvgIpc) is 2.82. The normalized spacial score (nSPS) is 12.1. The van der Waals surface area contributed by atoms with E-state index in [1.165, 1.54) is 0 Å². The first kappa shape index (κ1) is 11.5. The quantitative estimate of drug-likeness (QED) is 0.854. The van der Waals surface area contributed by atoms with Crippen LogP contribution < -0.4 is 5.32 Å². The zero-order valence-corrected chi connectivity index (χ0v) is 9.72. The maximum Gasteiger partial charge on any atom is 0.132 e. The molecule has 0 aliphatic rings. The van der Waals surface area contributed by atoms with Gasteiger partial charge >= 0.3 is 0 Å². The molecule has 0 fully saturated rings. The Hall–Kier alpha value is -2.03. The molecule has 2 aromatic rings. The molecule has 2 rings (SSSR count). The zero-order valence-electron chi connectivity index (χ0n) is 9.72. The van der Waals surface area contributed by atoms with E-state index in [0.717, 1.165) is 11.4 Å². The summed E-state index contributed by atoms with van der Waals surface area (Å²) in [5.74, 6) is 0.916. The second-order valence-electron chi connectivity index (χ2n) is 3.98. The lowest BCUT2D eigenvalue weighted by atomic mass is 10.1. The van der Waals surface area contributed by atoms with Gasteiger partial charge in [-0.05, 0) is 31.2 Å². The van der Waals surface area contributed by atoms with Gasteiger partial charge in [0.25, 0.3) is 0 Å². The molecule has 0 amide bonds. The van der Waals surface area contributed by atoms with Crippen molar-refractivity contribution in [1.82, 2.24) is 0 Å². The van der Waals surface area contributed by atoms with Gasteiger partial charge in [0.2, 0.25) is 0 Å². The van der Waals surface area contributed by atoms with Crippen LogP contribution in [0.2, 0.25) is 0 Å². The number of benzene rings is 1. The molecule has 0 bridgehead atoms. The second-order valence-corrected chi connectivity index (χ2v) is 3.98. The number of carbonyl (C=O) groups excluding carboxylic acids is 1. The molecule has 1 aromatic carbocycles. The summed E-state index contributed by atoms with van der Waals surface area (Å²) in [6, 6.07) is 13.4. The smallest absolute Gasteiger partial charge is 0.132 e. The highest BCUT2D eigenvalue weighted by Gasteiger charge is 2.16. The van der Waals surface area contributed by atoms with Gasteiger partial charge in [-0.25, -0.2) is 0 Å². The Labute approximate surface area is 100 Å². The van der Waals surface area contributed by atoms with Gasteiger partial charge in [-0.3, -0.25) is 4.79 Å². The number of carbonyl (C=O) groups is 1. The van der Waals surface area contributed by atoms with E-state index in [1.807, 2.05) is 42.5 Å². The second kappa shape index (κ2) is 5.34. The number of hydrogen-bond donors (Lipinski definition) is 1. The fourth-order valence-corrected chi connectivity index (χ4v) is 1.74. The maximum absolute atomic E-state index is 11.3. The van der Waals surface area contributed by atoms with Crippen molar-refractivity contribution in [3.63, 3.8) is 0 Å². The standard InChI is InChI=1S/C14H15NO2/c1-11(16)10-13(14-8-5-9-17-14)15-12-6-3-2-4-7-12/h2-9,13,15H,10H2,1H3. The minimum Gasteiger partial charge on any atom is -0.467 e. The number of Topliss-reactive ketones (excluding diaryl/α,β-unsaturated/α-hetero) is 1. The van der Waals surface area contributed by atoms with E-state index >= 15 is 0 Å². The Kier molecular flexibility index (Phi) is 3.60. The van der Waals surface area contributed by atoms with E-state index in [4.69, 9.17) is 4.42 Å². The van der Waals surface area contributed by atoms with Crippen molar-refractivity contribution in [1.29, 1.82) is 0 Å². The summed E-state index contributed by atoms with van der Waals surface area (Å²) < 4.78 is 5.35. The first-order chi connectivity index (χ1) is 8.25.